The van der Waals surface area contributed by atoms with Crippen LogP contribution in [0.15, 0.2) is 71.7 Å². The Labute approximate surface area is 137 Å². The number of anilines is 1. The van der Waals surface area contributed by atoms with Gasteiger partial charge in [-0.05, 0) is 36.4 Å². The number of hydrogen-bond donors (Lipinski definition) is 1. The third kappa shape index (κ3) is 3.46. The molecule has 1 amide bonds. The Morgan fingerprint density at radius 2 is 1.70 bits per heavy atom. The van der Waals surface area contributed by atoms with E-state index in [1.54, 1.807) is 48.5 Å². The molecule has 3 rings (SSSR count). The maximum absolute atomic E-state index is 12.3. The van der Waals surface area contributed by atoms with Crippen LogP contribution in [-0.4, -0.2) is 15.7 Å². The fourth-order valence-electron chi connectivity index (χ4n) is 2.01. The number of hydrogen-bond acceptors (Lipinski definition) is 3. The lowest BCUT2D eigenvalue weighted by Gasteiger charge is -2.08. The molecule has 0 bridgehead atoms. The Kier molecular flexibility index (Phi) is 4.21. The topological polar surface area (TPSA) is 64.0 Å². The van der Waals surface area contributed by atoms with Crippen molar-refractivity contribution >= 4 is 23.2 Å². The summed E-state index contributed by atoms with van der Waals surface area (Å²) in [7, 11) is 0. The van der Waals surface area contributed by atoms with E-state index < -0.39 is 11.3 Å². The van der Waals surface area contributed by atoms with Crippen molar-refractivity contribution in [3.8, 4) is 5.69 Å². The summed E-state index contributed by atoms with van der Waals surface area (Å²) in [5, 5.41) is 7.36. The molecule has 3 aromatic rings. The molecule has 0 fully saturated rings. The van der Waals surface area contributed by atoms with E-state index in [4.69, 9.17) is 11.6 Å². The van der Waals surface area contributed by atoms with Crippen LogP contribution in [0.5, 0.6) is 0 Å². The summed E-state index contributed by atoms with van der Waals surface area (Å²) in [6.45, 7) is 0. The van der Waals surface area contributed by atoms with Gasteiger partial charge in [0.05, 0.1) is 5.69 Å². The standard InChI is InChI=1S/C17H12ClN3O2/c18-12-6-8-14(9-7-12)21-11-10-15(22)16(20-21)17(23)19-13-4-2-1-3-5-13/h1-11H,(H,19,23). The van der Waals surface area contributed by atoms with Gasteiger partial charge in [0, 0.05) is 23.0 Å². The number of aromatic nitrogens is 2. The Bertz CT molecular complexity index is 890. The molecule has 2 aromatic carbocycles. The average Bonchev–Trinajstić information content (AvgIpc) is 2.57. The van der Waals surface area contributed by atoms with Crippen molar-refractivity contribution in [2.75, 3.05) is 5.32 Å². The lowest BCUT2D eigenvalue weighted by molar-refractivity contribution is 0.101. The zero-order valence-corrected chi connectivity index (χ0v) is 12.7. The minimum Gasteiger partial charge on any atom is -0.320 e. The van der Waals surface area contributed by atoms with E-state index in [-0.39, 0.29) is 5.69 Å². The molecule has 0 aliphatic heterocycles. The van der Waals surface area contributed by atoms with Crippen LogP contribution in [0.4, 0.5) is 5.69 Å². The summed E-state index contributed by atoms with van der Waals surface area (Å²) in [6, 6.07) is 17.1. The second-order valence-electron chi connectivity index (χ2n) is 4.77. The molecule has 1 N–H and O–H groups in total. The summed E-state index contributed by atoms with van der Waals surface area (Å²) in [5.41, 5.74) is 0.679. The Morgan fingerprint density at radius 1 is 1.00 bits per heavy atom. The fourth-order valence-corrected chi connectivity index (χ4v) is 2.14. The molecule has 0 spiro atoms. The van der Waals surface area contributed by atoms with Gasteiger partial charge in [-0.15, -0.1) is 0 Å². The van der Waals surface area contributed by atoms with Crippen LogP contribution in [0, 0.1) is 0 Å². The first-order valence-electron chi connectivity index (χ1n) is 6.86. The number of carbonyl (C=O) groups excluding carboxylic acids is 1. The Hall–Kier alpha value is -2.92. The lowest BCUT2D eigenvalue weighted by Crippen LogP contribution is -2.25. The fraction of sp³-hybridized carbons (Fsp3) is 0. The van der Waals surface area contributed by atoms with E-state index in [0.717, 1.165) is 0 Å². The predicted molar refractivity (Wildman–Crippen MR) is 89.2 cm³/mol. The van der Waals surface area contributed by atoms with Gasteiger partial charge >= 0.3 is 0 Å². The number of halogens is 1. The third-order valence-corrected chi connectivity index (χ3v) is 3.40. The predicted octanol–water partition coefficient (Wildman–Crippen LogP) is 3.14. The summed E-state index contributed by atoms with van der Waals surface area (Å²) in [5.74, 6) is -0.551. The highest BCUT2D eigenvalue weighted by molar-refractivity contribution is 6.30. The molecule has 1 heterocycles. The smallest absolute Gasteiger partial charge is 0.280 e. The number of benzene rings is 2. The summed E-state index contributed by atoms with van der Waals surface area (Å²) in [6.07, 6.45) is 1.50. The highest BCUT2D eigenvalue weighted by atomic mass is 35.5. The third-order valence-electron chi connectivity index (χ3n) is 3.15. The van der Waals surface area contributed by atoms with Crippen molar-refractivity contribution in [1.82, 2.24) is 9.78 Å². The van der Waals surface area contributed by atoms with E-state index in [0.29, 0.717) is 16.4 Å². The zero-order valence-electron chi connectivity index (χ0n) is 11.9. The highest BCUT2D eigenvalue weighted by Gasteiger charge is 2.13. The van der Waals surface area contributed by atoms with Gasteiger partial charge in [0.2, 0.25) is 5.43 Å². The van der Waals surface area contributed by atoms with Gasteiger partial charge in [0.25, 0.3) is 5.91 Å². The van der Waals surface area contributed by atoms with Crippen molar-refractivity contribution in [2.45, 2.75) is 0 Å². The minimum absolute atomic E-state index is 0.175. The first-order valence-corrected chi connectivity index (χ1v) is 7.23. The normalized spacial score (nSPS) is 10.3. The molecular weight excluding hydrogens is 314 g/mol. The number of nitrogens with zero attached hydrogens (tertiary/aromatic N) is 2. The van der Waals surface area contributed by atoms with Gasteiger partial charge in [-0.2, -0.15) is 5.10 Å². The molecule has 1 aromatic heterocycles. The molecule has 0 atom stereocenters. The van der Waals surface area contributed by atoms with Crippen LogP contribution in [0.1, 0.15) is 10.5 Å². The SMILES string of the molecule is O=C(Nc1ccccc1)c1nn(-c2ccc(Cl)cc2)ccc1=O. The first kappa shape index (κ1) is 15.0. The number of nitrogens with one attached hydrogen (secondary N) is 1. The summed E-state index contributed by atoms with van der Waals surface area (Å²) >= 11 is 5.85. The maximum atomic E-state index is 12.3. The summed E-state index contributed by atoms with van der Waals surface area (Å²) < 4.78 is 1.46. The van der Waals surface area contributed by atoms with Crippen molar-refractivity contribution in [2.24, 2.45) is 0 Å². The zero-order chi connectivity index (χ0) is 16.2. The number of amides is 1. The molecule has 5 nitrogen and oxygen atoms in total. The van der Waals surface area contributed by atoms with E-state index >= 15 is 0 Å². The van der Waals surface area contributed by atoms with E-state index in [2.05, 4.69) is 10.4 Å². The van der Waals surface area contributed by atoms with Gasteiger partial charge in [0.1, 0.15) is 0 Å². The second-order valence-corrected chi connectivity index (χ2v) is 5.21. The molecule has 0 radical (unpaired) electrons. The van der Waals surface area contributed by atoms with E-state index in [9.17, 15) is 9.59 Å². The quantitative estimate of drug-likeness (QED) is 0.804. The van der Waals surface area contributed by atoms with Crippen LogP contribution in [0.3, 0.4) is 0 Å². The van der Waals surface area contributed by atoms with E-state index in [1.165, 1.54) is 16.9 Å². The minimum atomic E-state index is -0.551. The summed E-state index contributed by atoms with van der Waals surface area (Å²) in [4.78, 5) is 24.2. The van der Waals surface area contributed by atoms with Crippen molar-refractivity contribution in [3.63, 3.8) is 0 Å². The average molecular weight is 326 g/mol. The van der Waals surface area contributed by atoms with Gasteiger partial charge < -0.3 is 5.32 Å². The molecule has 114 valence electrons. The Balaban J connectivity index is 1.93. The number of rotatable bonds is 3. The number of para-hydroxylation sites is 1. The highest BCUT2D eigenvalue weighted by Crippen LogP contribution is 2.12. The largest absolute Gasteiger partial charge is 0.320 e. The van der Waals surface area contributed by atoms with Crippen LogP contribution in [0.2, 0.25) is 5.02 Å². The van der Waals surface area contributed by atoms with Gasteiger partial charge in [-0.25, -0.2) is 4.68 Å². The van der Waals surface area contributed by atoms with Crippen LogP contribution < -0.4 is 10.7 Å². The van der Waals surface area contributed by atoms with Crippen LogP contribution in [0.25, 0.3) is 5.69 Å². The molecule has 6 heteroatoms. The monoisotopic (exact) mass is 325 g/mol. The van der Waals surface area contributed by atoms with Crippen molar-refractivity contribution in [3.05, 3.63) is 87.8 Å². The van der Waals surface area contributed by atoms with Crippen molar-refractivity contribution in [1.29, 1.82) is 0 Å². The molecule has 23 heavy (non-hydrogen) atoms. The maximum Gasteiger partial charge on any atom is 0.280 e. The number of carbonyl (C=O) groups is 1. The van der Waals surface area contributed by atoms with Crippen molar-refractivity contribution < 1.29 is 4.79 Å². The van der Waals surface area contributed by atoms with Gasteiger partial charge in [0.15, 0.2) is 5.69 Å². The Morgan fingerprint density at radius 3 is 2.39 bits per heavy atom. The van der Waals surface area contributed by atoms with Crippen LogP contribution >= 0.6 is 11.6 Å². The molecule has 0 unspecified atom stereocenters. The van der Waals surface area contributed by atoms with E-state index in [1.807, 2.05) is 6.07 Å². The lowest BCUT2D eigenvalue weighted by atomic mass is 10.3. The van der Waals surface area contributed by atoms with Gasteiger partial charge in [-0.1, -0.05) is 29.8 Å². The van der Waals surface area contributed by atoms with Crippen LogP contribution in [-0.2, 0) is 0 Å². The van der Waals surface area contributed by atoms with Gasteiger partial charge in [-0.3, -0.25) is 9.59 Å². The molecule has 0 aliphatic rings. The first-order chi connectivity index (χ1) is 11.1. The molecule has 0 saturated carbocycles. The molecule has 0 saturated heterocycles. The second kappa shape index (κ2) is 6.46. The molecular formula is C17H12ClN3O2. The molecule has 0 aliphatic carbocycles.